The largest absolute Gasteiger partial charge is 0.378 e. The Hall–Kier alpha value is -2.92. The number of benzene rings is 2. The van der Waals surface area contributed by atoms with E-state index in [0.717, 1.165) is 27.8 Å². The van der Waals surface area contributed by atoms with Crippen LogP contribution in [0, 0.1) is 0 Å². The monoisotopic (exact) mass is 374 g/mol. The lowest BCUT2D eigenvalue weighted by Crippen LogP contribution is -2.08. The van der Waals surface area contributed by atoms with E-state index < -0.39 is 0 Å². The van der Waals surface area contributed by atoms with Gasteiger partial charge in [0.1, 0.15) is 0 Å². The number of nitrogens with zero attached hydrogens (tertiary/aromatic N) is 4. The Morgan fingerprint density at radius 3 is 1.81 bits per heavy atom. The Labute approximate surface area is 163 Å². The second kappa shape index (κ2) is 7.00. The van der Waals surface area contributed by atoms with Crippen molar-refractivity contribution < 1.29 is 0 Å². The minimum absolute atomic E-state index is 0.984. The van der Waals surface area contributed by atoms with Crippen molar-refractivity contribution in [2.24, 2.45) is 0 Å². The molecular formula is C22H22N4S. The zero-order valence-electron chi connectivity index (χ0n) is 16.0. The molecule has 0 saturated heterocycles. The summed E-state index contributed by atoms with van der Waals surface area (Å²) in [6.07, 6.45) is 3.90. The van der Waals surface area contributed by atoms with E-state index in [1.807, 2.05) is 40.6 Å². The maximum absolute atomic E-state index is 4.80. The van der Waals surface area contributed by atoms with Crippen molar-refractivity contribution in [1.82, 2.24) is 9.36 Å². The normalized spacial score (nSPS) is 11.0. The van der Waals surface area contributed by atoms with Crippen molar-refractivity contribution in [1.29, 1.82) is 0 Å². The molecule has 0 aliphatic heterocycles. The quantitative estimate of drug-likeness (QED) is 0.494. The molecule has 4 rings (SSSR count). The Morgan fingerprint density at radius 2 is 1.26 bits per heavy atom. The van der Waals surface area contributed by atoms with Crippen molar-refractivity contribution >= 4 is 33.0 Å². The first-order chi connectivity index (χ1) is 13.0. The third kappa shape index (κ3) is 3.26. The van der Waals surface area contributed by atoms with Gasteiger partial charge in [0, 0.05) is 62.3 Å². The molecule has 2 aromatic heterocycles. The Morgan fingerprint density at radius 1 is 0.704 bits per heavy atom. The Kier molecular flexibility index (Phi) is 4.54. The van der Waals surface area contributed by atoms with Gasteiger partial charge in [-0.3, -0.25) is 4.98 Å². The van der Waals surface area contributed by atoms with Crippen molar-refractivity contribution in [3.05, 3.63) is 60.9 Å². The standard InChI is InChI=1S/C22H22N4S/c1-25(2)17-9-5-15(6-10-17)19-13-23-21(20-14-24-27-22(19)20)16-7-11-18(12-8-16)26(3)4/h5-14H,1-4H3. The van der Waals surface area contributed by atoms with Crippen LogP contribution < -0.4 is 9.80 Å². The summed E-state index contributed by atoms with van der Waals surface area (Å²) in [6, 6.07) is 17.1. The van der Waals surface area contributed by atoms with Crippen LogP contribution in [0.25, 0.3) is 32.5 Å². The lowest BCUT2D eigenvalue weighted by molar-refractivity contribution is 1.13. The summed E-state index contributed by atoms with van der Waals surface area (Å²) in [5.74, 6) is 0. The van der Waals surface area contributed by atoms with E-state index >= 15 is 0 Å². The van der Waals surface area contributed by atoms with Crippen LogP contribution in [0.5, 0.6) is 0 Å². The molecule has 0 aliphatic carbocycles. The maximum Gasteiger partial charge on any atom is 0.0805 e. The predicted octanol–water partition coefficient (Wildman–Crippen LogP) is 5.16. The lowest BCUT2D eigenvalue weighted by atomic mass is 10.0. The molecule has 4 nitrogen and oxygen atoms in total. The number of aromatic nitrogens is 2. The minimum Gasteiger partial charge on any atom is -0.378 e. The summed E-state index contributed by atoms with van der Waals surface area (Å²) in [6.45, 7) is 0. The van der Waals surface area contributed by atoms with Gasteiger partial charge in [0.05, 0.1) is 16.6 Å². The third-order valence-electron chi connectivity index (χ3n) is 4.74. The molecular weight excluding hydrogens is 352 g/mol. The van der Waals surface area contributed by atoms with E-state index in [9.17, 15) is 0 Å². The number of hydrogen-bond donors (Lipinski definition) is 0. The summed E-state index contributed by atoms with van der Waals surface area (Å²) < 4.78 is 5.63. The van der Waals surface area contributed by atoms with E-state index in [0.29, 0.717) is 0 Å². The fraction of sp³-hybridized carbons (Fsp3) is 0.182. The zero-order valence-corrected chi connectivity index (χ0v) is 16.8. The fourth-order valence-corrected chi connectivity index (χ4v) is 3.93. The van der Waals surface area contributed by atoms with E-state index in [2.05, 4.69) is 62.7 Å². The zero-order chi connectivity index (χ0) is 19.0. The van der Waals surface area contributed by atoms with Gasteiger partial charge in [-0.05, 0) is 41.4 Å². The van der Waals surface area contributed by atoms with Crippen LogP contribution >= 0.6 is 11.5 Å². The van der Waals surface area contributed by atoms with E-state index in [-0.39, 0.29) is 0 Å². The maximum atomic E-state index is 4.80. The Balaban J connectivity index is 1.78. The highest BCUT2D eigenvalue weighted by molar-refractivity contribution is 7.14. The van der Waals surface area contributed by atoms with Crippen LogP contribution in [-0.4, -0.2) is 37.5 Å². The fourth-order valence-electron chi connectivity index (χ4n) is 3.15. The number of pyridine rings is 1. The molecule has 0 radical (unpaired) electrons. The topological polar surface area (TPSA) is 32.3 Å². The highest BCUT2D eigenvalue weighted by atomic mass is 32.1. The summed E-state index contributed by atoms with van der Waals surface area (Å²) in [5.41, 5.74) is 6.75. The number of anilines is 2. The van der Waals surface area contributed by atoms with Gasteiger partial charge in [-0.2, -0.15) is 4.37 Å². The molecule has 27 heavy (non-hydrogen) atoms. The van der Waals surface area contributed by atoms with Crippen molar-refractivity contribution in [2.75, 3.05) is 38.0 Å². The molecule has 0 aliphatic rings. The molecule has 0 atom stereocenters. The predicted molar refractivity (Wildman–Crippen MR) is 117 cm³/mol. The second-order valence-electron chi connectivity index (χ2n) is 6.97. The van der Waals surface area contributed by atoms with Crippen LogP contribution in [0.3, 0.4) is 0 Å². The summed E-state index contributed by atoms with van der Waals surface area (Å²) in [7, 11) is 8.19. The first-order valence-electron chi connectivity index (χ1n) is 8.83. The van der Waals surface area contributed by atoms with Gasteiger partial charge in [-0.1, -0.05) is 24.3 Å². The van der Waals surface area contributed by atoms with Crippen LogP contribution in [-0.2, 0) is 0 Å². The van der Waals surface area contributed by atoms with Crippen LogP contribution in [0.1, 0.15) is 0 Å². The molecule has 136 valence electrons. The van der Waals surface area contributed by atoms with Gasteiger partial charge in [0.2, 0.25) is 0 Å². The highest BCUT2D eigenvalue weighted by Gasteiger charge is 2.13. The summed E-state index contributed by atoms with van der Waals surface area (Å²) in [5, 5.41) is 1.10. The lowest BCUT2D eigenvalue weighted by Gasteiger charge is -2.14. The molecule has 2 heterocycles. The molecule has 0 spiro atoms. The van der Waals surface area contributed by atoms with Gasteiger partial charge in [0.25, 0.3) is 0 Å². The van der Waals surface area contributed by atoms with Crippen LogP contribution in [0.15, 0.2) is 60.9 Å². The van der Waals surface area contributed by atoms with E-state index in [1.165, 1.54) is 27.6 Å². The average molecular weight is 375 g/mol. The first kappa shape index (κ1) is 17.5. The van der Waals surface area contributed by atoms with Gasteiger partial charge in [-0.15, -0.1) is 0 Å². The second-order valence-corrected chi connectivity index (χ2v) is 7.77. The number of rotatable bonds is 4. The van der Waals surface area contributed by atoms with Crippen molar-refractivity contribution in [3.8, 4) is 22.4 Å². The van der Waals surface area contributed by atoms with Crippen molar-refractivity contribution in [2.45, 2.75) is 0 Å². The minimum atomic E-state index is 0.984. The first-order valence-corrected chi connectivity index (χ1v) is 9.61. The summed E-state index contributed by atoms with van der Waals surface area (Å²) in [4.78, 5) is 9.00. The van der Waals surface area contributed by atoms with Gasteiger partial charge < -0.3 is 9.80 Å². The third-order valence-corrected chi connectivity index (χ3v) is 5.58. The summed E-state index contributed by atoms with van der Waals surface area (Å²) >= 11 is 1.53. The molecule has 0 fully saturated rings. The van der Waals surface area contributed by atoms with Gasteiger partial charge in [0.15, 0.2) is 0 Å². The molecule has 4 aromatic rings. The van der Waals surface area contributed by atoms with Crippen LogP contribution in [0.4, 0.5) is 11.4 Å². The molecule has 0 unspecified atom stereocenters. The molecule has 5 heteroatoms. The highest BCUT2D eigenvalue weighted by Crippen LogP contribution is 2.36. The number of fused-ring (bicyclic) bond motifs is 1. The van der Waals surface area contributed by atoms with Gasteiger partial charge in [-0.25, -0.2) is 0 Å². The molecule has 0 bridgehead atoms. The van der Waals surface area contributed by atoms with E-state index in [1.54, 1.807) is 0 Å². The SMILES string of the molecule is CN(C)c1ccc(-c2ncc(-c3ccc(N(C)C)cc3)c3sncc23)cc1. The molecule has 0 N–H and O–H groups in total. The van der Waals surface area contributed by atoms with Gasteiger partial charge >= 0.3 is 0 Å². The number of hydrogen-bond acceptors (Lipinski definition) is 5. The average Bonchev–Trinajstić information content (AvgIpc) is 3.17. The smallest absolute Gasteiger partial charge is 0.0805 e. The van der Waals surface area contributed by atoms with Crippen LogP contribution in [0.2, 0.25) is 0 Å². The van der Waals surface area contributed by atoms with E-state index in [4.69, 9.17) is 4.98 Å². The molecule has 0 amide bonds. The Bertz CT molecular complexity index is 978. The molecule has 0 saturated carbocycles. The van der Waals surface area contributed by atoms with Crippen molar-refractivity contribution in [3.63, 3.8) is 0 Å². The molecule has 2 aromatic carbocycles.